The van der Waals surface area contributed by atoms with Crippen molar-refractivity contribution in [2.75, 3.05) is 0 Å². The first-order chi connectivity index (χ1) is 8.67. The minimum atomic E-state index is -0.734. The van der Waals surface area contributed by atoms with E-state index in [0.29, 0.717) is 5.25 Å². The number of hydrogen-bond acceptors (Lipinski definition) is 2. The van der Waals surface area contributed by atoms with Crippen molar-refractivity contribution in [2.45, 2.75) is 29.1 Å². The van der Waals surface area contributed by atoms with Crippen molar-refractivity contribution in [3.63, 3.8) is 0 Å². The molecular weight excluding hydrogens is 240 g/mol. The van der Waals surface area contributed by atoms with Gasteiger partial charge < -0.3 is 5.11 Å². The highest BCUT2D eigenvalue weighted by atomic mass is 32.2. The Labute approximate surface area is 112 Å². The lowest BCUT2D eigenvalue weighted by molar-refractivity contribution is 0.0421. The molecule has 0 saturated heterocycles. The van der Waals surface area contributed by atoms with Crippen LogP contribution in [-0.2, 0) is 5.60 Å². The summed E-state index contributed by atoms with van der Waals surface area (Å²) >= 11 is 1.85. The van der Waals surface area contributed by atoms with Gasteiger partial charge in [0.15, 0.2) is 0 Å². The average molecular weight is 256 g/mol. The standard InChI is InChI=1S/C16H16OS/c1-16(17)11-15(12-7-3-2-4-8-12)18-14-10-6-5-9-13(14)16/h2-10,15,17H,11H2,1H3/t15-,16-/m1/s1. The minimum absolute atomic E-state index is 0.330. The average Bonchev–Trinajstić information content (AvgIpc) is 2.39. The summed E-state index contributed by atoms with van der Waals surface area (Å²) in [6.07, 6.45) is 0.763. The zero-order valence-corrected chi connectivity index (χ0v) is 11.2. The first-order valence-corrected chi connectivity index (χ1v) is 7.08. The molecule has 2 aromatic rings. The summed E-state index contributed by atoms with van der Waals surface area (Å²) in [4.78, 5) is 1.20. The normalized spacial score (nSPS) is 26.7. The van der Waals surface area contributed by atoms with Crippen molar-refractivity contribution in [1.29, 1.82) is 0 Å². The molecule has 0 aromatic heterocycles. The van der Waals surface area contributed by atoms with E-state index in [-0.39, 0.29) is 0 Å². The minimum Gasteiger partial charge on any atom is -0.385 e. The van der Waals surface area contributed by atoms with Crippen LogP contribution in [0.15, 0.2) is 59.5 Å². The van der Waals surface area contributed by atoms with Crippen LogP contribution in [0.25, 0.3) is 0 Å². The monoisotopic (exact) mass is 256 g/mol. The molecule has 3 rings (SSSR count). The van der Waals surface area contributed by atoms with E-state index in [1.807, 2.05) is 43.0 Å². The van der Waals surface area contributed by atoms with Gasteiger partial charge >= 0.3 is 0 Å². The van der Waals surface area contributed by atoms with Crippen LogP contribution in [0, 0.1) is 0 Å². The molecule has 0 saturated carbocycles. The number of fused-ring (bicyclic) bond motifs is 1. The number of hydrogen-bond donors (Lipinski definition) is 1. The molecule has 0 radical (unpaired) electrons. The van der Waals surface area contributed by atoms with E-state index in [0.717, 1.165) is 12.0 Å². The van der Waals surface area contributed by atoms with E-state index in [1.54, 1.807) is 0 Å². The zero-order chi connectivity index (χ0) is 12.6. The van der Waals surface area contributed by atoms with Crippen LogP contribution in [0.2, 0.25) is 0 Å². The maximum absolute atomic E-state index is 10.6. The highest BCUT2D eigenvalue weighted by Crippen LogP contribution is 2.50. The number of benzene rings is 2. The lowest BCUT2D eigenvalue weighted by Crippen LogP contribution is -2.27. The second-order valence-electron chi connectivity index (χ2n) is 4.99. The third kappa shape index (κ3) is 2.06. The van der Waals surface area contributed by atoms with Crippen molar-refractivity contribution in [3.05, 3.63) is 65.7 Å². The summed E-state index contributed by atoms with van der Waals surface area (Å²) in [7, 11) is 0. The van der Waals surface area contributed by atoms with Gasteiger partial charge in [0.25, 0.3) is 0 Å². The molecular formula is C16H16OS. The van der Waals surface area contributed by atoms with Gasteiger partial charge in [-0.15, -0.1) is 11.8 Å². The molecule has 1 nitrogen and oxygen atoms in total. The number of rotatable bonds is 1. The second-order valence-corrected chi connectivity index (χ2v) is 6.24. The maximum Gasteiger partial charge on any atom is 0.0893 e. The fraction of sp³-hybridized carbons (Fsp3) is 0.250. The largest absolute Gasteiger partial charge is 0.385 e. The summed E-state index contributed by atoms with van der Waals surface area (Å²) in [5.41, 5.74) is 1.61. The van der Waals surface area contributed by atoms with Gasteiger partial charge in [0, 0.05) is 10.1 Å². The Morgan fingerprint density at radius 3 is 2.50 bits per heavy atom. The molecule has 18 heavy (non-hydrogen) atoms. The van der Waals surface area contributed by atoms with Crippen LogP contribution in [0.4, 0.5) is 0 Å². The van der Waals surface area contributed by atoms with E-state index in [2.05, 4.69) is 30.3 Å². The molecule has 1 heterocycles. The number of aliphatic hydroxyl groups is 1. The lowest BCUT2D eigenvalue weighted by atomic mass is 9.88. The lowest BCUT2D eigenvalue weighted by Gasteiger charge is -2.35. The van der Waals surface area contributed by atoms with Gasteiger partial charge in [-0.1, -0.05) is 48.5 Å². The third-order valence-corrected chi connectivity index (χ3v) is 4.82. The molecule has 0 amide bonds. The second kappa shape index (κ2) is 4.45. The van der Waals surface area contributed by atoms with Crippen LogP contribution in [0.3, 0.4) is 0 Å². The van der Waals surface area contributed by atoms with Gasteiger partial charge in [0.1, 0.15) is 0 Å². The summed E-state index contributed by atoms with van der Waals surface area (Å²) in [5, 5.41) is 11.0. The molecule has 0 spiro atoms. The van der Waals surface area contributed by atoms with Gasteiger partial charge in [-0.3, -0.25) is 0 Å². The van der Waals surface area contributed by atoms with Crippen LogP contribution >= 0.6 is 11.8 Å². The Hall–Kier alpha value is -1.25. The fourth-order valence-electron chi connectivity index (χ4n) is 2.53. The quantitative estimate of drug-likeness (QED) is 0.827. The highest BCUT2D eigenvalue weighted by Gasteiger charge is 2.35. The topological polar surface area (TPSA) is 20.2 Å². The van der Waals surface area contributed by atoms with Crippen molar-refractivity contribution in [3.8, 4) is 0 Å². The Kier molecular flexibility index (Phi) is 2.92. The van der Waals surface area contributed by atoms with E-state index in [1.165, 1.54) is 10.5 Å². The molecule has 2 atom stereocenters. The fourth-order valence-corrected chi connectivity index (χ4v) is 4.11. The van der Waals surface area contributed by atoms with E-state index in [9.17, 15) is 5.11 Å². The predicted octanol–water partition coefficient (Wildman–Crippen LogP) is 4.13. The molecule has 2 aromatic carbocycles. The highest BCUT2D eigenvalue weighted by molar-refractivity contribution is 7.99. The Morgan fingerprint density at radius 1 is 1.06 bits per heavy atom. The van der Waals surface area contributed by atoms with Gasteiger partial charge in [-0.2, -0.15) is 0 Å². The Balaban J connectivity index is 2.01. The van der Waals surface area contributed by atoms with E-state index in [4.69, 9.17) is 0 Å². The van der Waals surface area contributed by atoms with Crippen LogP contribution in [0.5, 0.6) is 0 Å². The Bertz CT molecular complexity index is 548. The van der Waals surface area contributed by atoms with Crippen molar-refractivity contribution in [1.82, 2.24) is 0 Å². The summed E-state index contributed by atoms with van der Waals surface area (Å²) < 4.78 is 0. The van der Waals surface area contributed by atoms with Gasteiger partial charge in [-0.05, 0) is 30.5 Å². The van der Waals surface area contributed by atoms with Crippen LogP contribution in [0.1, 0.15) is 29.7 Å². The van der Waals surface area contributed by atoms with E-state index >= 15 is 0 Å². The van der Waals surface area contributed by atoms with E-state index < -0.39 is 5.60 Å². The first-order valence-electron chi connectivity index (χ1n) is 6.20. The SMILES string of the molecule is C[C@@]1(O)C[C@H](c2ccccc2)Sc2ccccc21. The predicted molar refractivity (Wildman–Crippen MR) is 75.7 cm³/mol. The third-order valence-electron chi connectivity index (χ3n) is 3.49. The zero-order valence-electron chi connectivity index (χ0n) is 10.3. The Morgan fingerprint density at radius 2 is 1.72 bits per heavy atom. The van der Waals surface area contributed by atoms with Gasteiger partial charge in [0.2, 0.25) is 0 Å². The molecule has 1 N–H and O–H groups in total. The van der Waals surface area contributed by atoms with Gasteiger partial charge in [-0.25, -0.2) is 0 Å². The molecule has 0 fully saturated rings. The summed E-state index contributed by atoms with van der Waals surface area (Å²) in [6.45, 7) is 1.92. The molecule has 92 valence electrons. The van der Waals surface area contributed by atoms with Crippen molar-refractivity contribution in [2.24, 2.45) is 0 Å². The van der Waals surface area contributed by atoms with Gasteiger partial charge in [0.05, 0.1) is 5.60 Å². The summed E-state index contributed by atoms with van der Waals surface area (Å²) in [5.74, 6) is 0. The summed E-state index contributed by atoms with van der Waals surface area (Å²) in [6, 6.07) is 18.6. The molecule has 1 aliphatic rings. The molecule has 0 aliphatic carbocycles. The molecule has 0 unspecified atom stereocenters. The number of thioether (sulfide) groups is 1. The van der Waals surface area contributed by atoms with Crippen LogP contribution < -0.4 is 0 Å². The smallest absolute Gasteiger partial charge is 0.0893 e. The van der Waals surface area contributed by atoms with Crippen LogP contribution in [-0.4, -0.2) is 5.11 Å². The molecule has 1 aliphatic heterocycles. The first kappa shape index (κ1) is 11.8. The molecule has 2 heteroatoms. The molecule has 0 bridgehead atoms. The van der Waals surface area contributed by atoms with Crippen molar-refractivity contribution < 1.29 is 5.11 Å². The van der Waals surface area contributed by atoms with Crippen molar-refractivity contribution >= 4 is 11.8 Å². The maximum atomic E-state index is 10.6.